The lowest BCUT2D eigenvalue weighted by Gasteiger charge is -2.20. The molecular weight excluding hydrogens is 240 g/mol. The molecule has 0 spiro atoms. The smallest absolute Gasteiger partial charge is 0.260 e. The van der Waals surface area contributed by atoms with Crippen LogP contribution in [0, 0.1) is 0 Å². The van der Waals surface area contributed by atoms with Crippen LogP contribution in [0.4, 0.5) is 0 Å². The molecule has 2 aliphatic heterocycles. The number of amides is 1. The molecule has 1 N–H and O–H groups in total. The van der Waals surface area contributed by atoms with Gasteiger partial charge in [-0.3, -0.25) is 4.79 Å². The van der Waals surface area contributed by atoms with Crippen LogP contribution >= 0.6 is 11.6 Å². The number of azo groups is 1. The third kappa shape index (κ3) is 1.64. The normalized spacial score (nSPS) is 22.3. The third-order valence-corrected chi connectivity index (χ3v) is 2.79. The van der Waals surface area contributed by atoms with Crippen LogP contribution in [0.2, 0.25) is 0 Å². The second-order valence-corrected chi connectivity index (χ2v) is 3.96. The van der Waals surface area contributed by atoms with Crippen molar-refractivity contribution in [3.8, 4) is 0 Å². The van der Waals surface area contributed by atoms with E-state index in [1.165, 1.54) is 0 Å². The maximum atomic E-state index is 11.8. The van der Waals surface area contributed by atoms with E-state index in [0.717, 1.165) is 5.56 Å². The van der Waals surface area contributed by atoms with Crippen molar-refractivity contribution in [2.45, 2.75) is 6.17 Å². The summed E-state index contributed by atoms with van der Waals surface area (Å²) in [7, 11) is 0. The zero-order valence-electron chi connectivity index (χ0n) is 8.59. The number of carbonyl (C=O) groups excluding carboxylic acids is 1. The minimum Gasteiger partial charge on any atom is -0.326 e. The maximum Gasteiger partial charge on any atom is 0.260 e. The number of aliphatic imine (C=N–C) groups is 1. The Kier molecular flexibility index (Phi) is 2.26. The van der Waals surface area contributed by atoms with Crippen LogP contribution in [-0.2, 0) is 4.79 Å². The molecule has 1 aromatic rings. The van der Waals surface area contributed by atoms with Crippen molar-refractivity contribution in [1.29, 1.82) is 0 Å². The molecule has 1 aromatic carbocycles. The Bertz CT molecular complexity index is 576. The first-order valence-electron chi connectivity index (χ1n) is 5.01. The van der Waals surface area contributed by atoms with Crippen LogP contribution in [-0.4, -0.2) is 11.7 Å². The SMILES string of the molecule is O=C1NC(c2ccccc2)N=C2N=NC(Cl)=C12. The summed E-state index contributed by atoms with van der Waals surface area (Å²) in [4.78, 5) is 16.1. The van der Waals surface area contributed by atoms with Crippen molar-refractivity contribution >= 4 is 23.3 Å². The van der Waals surface area contributed by atoms with E-state index < -0.39 is 6.17 Å². The Balaban J connectivity index is 2.03. The number of carbonyl (C=O) groups is 1. The zero-order valence-corrected chi connectivity index (χ0v) is 9.35. The highest BCUT2D eigenvalue weighted by Gasteiger charge is 2.32. The first-order valence-corrected chi connectivity index (χ1v) is 5.39. The van der Waals surface area contributed by atoms with Gasteiger partial charge in [-0.25, -0.2) is 4.99 Å². The van der Waals surface area contributed by atoms with Gasteiger partial charge in [-0.15, -0.1) is 10.2 Å². The summed E-state index contributed by atoms with van der Waals surface area (Å²) >= 11 is 5.75. The van der Waals surface area contributed by atoms with Gasteiger partial charge in [0.05, 0.1) is 0 Å². The number of hydrogen-bond donors (Lipinski definition) is 1. The molecule has 84 valence electrons. The van der Waals surface area contributed by atoms with Crippen LogP contribution in [0.1, 0.15) is 11.7 Å². The van der Waals surface area contributed by atoms with E-state index >= 15 is 0 Å². The largest absolute Gasteiger partial charge is 0.326 e. The van der Waals surface area contributed by atoms with Gasteiger partial charge >= 0.3 is 0 Å². The highest BCUT2D eigenvalue weighted by molar-refractivity contribution is 6.38. The summed E-state index contributed by atoms with van der Waals surface area (Å²) in [5, 5.41) is 10.2. The average molecular weight is 247 g/mol. The number of hydrogen-bond acceptors (Lipinski definition) is 4. The summed E-state index contributed by atoms with van der Waals surface area (Å²) in [6.07, 6.45) is -0.427. The molecule has 2 aliphatic rings. The monoisotopic (exact) mass is 246 g/mol. The van der Waals surface area contributed by atoms with Crippen LogP contribution in [0.15, 0.2) is 56.3 Å². The zero-order chi connectivity index (χ0) is 11.8. The van der Waals surface area contributed by atoms with E-state index in [4.69, 9.17) is 11.6 Å². The van der Waals surface area contributed by atoms with E-state index in [9.17, 15) is 4.79 Å². The van der Waals surface area contributed by atoms with Gasteiger partial charge in [0.1, 0.15) is 11.7 Å². The predicted molar refractivity (Wildman–Crippen MR) is 62.5 cm³/mol. The van der Waals surface area contributed by atoms with Crippen molar-refractivity contribution in [1.82, 2.24) is 5.32 Å². The van der Waals surface area contributed by atoms with Crippen molar-refractivity contribution in [3.63, 3.8) is 0 Å². The molecule has 0 fully saturated rings. The fourth-order valence-corrected chi connectivity index (χ4v) is 1.92. The molecule has 0 bridgehead atoms. The molecular formula is C11H7ClN4O. The topological polar surface area (TPSA) is 66.2 Å². The van der Waals surface area contributed by atoms with Crippen LogP contribution in [0.25, 0.3) is 0 Å². The Labute approximate surface area is 102 Å². The van der Waals surface area contributed by atoms with E-state index in [0.29, 0.717) is 5.84 Å². The Morgan fingerprint density at radius 1 is 1.18 bits per heavy atom. The van der Waals surface area contributed by atoms with Crippen LogP contribution < -0.4 is 5.32 Å². The van der Waals surface area contributed by atoms with Crippen molar-refractivity contribution in [2.24, 2.45) is 15.2 Å². The number of nitrogens with one attached hydrogen (secondary N) is 1. The lowest BCUT2D eigenvalue weighted by molar-refractivity contribution is -0.117. The van der Waals surface area contributed by atoms with E-state index in [1.54, 1.807) is 0 Å². The van der Waals surface area contributed by atoms with Crippen LogP contribution in [0.5, 0.6) is 0 Å². The molecule has 5 nitrogen and oxygen atoms in total. The fraction of sp³-hybridized carbons (Fsp3) is 0.0909. The minimum absolute atomic E-state index is 0.0905. The van der Waals surface area contributed by atoms with E-state index in [1.807, 2.05) is 30.3 Å². The average Bonchev–Trinajstić information content (AvgIpc) is 2.73. The predicted octanol–water partition coefficient (Wildman–Crippen LogP) is 2.13. The summed E-state index contributed by atoms with van der Waals surface area (Å²) in [6.45, 7) is 0. The Morgan fingerprint density at radius 3 is 2.71 bits per heavy atom. The summed E-state index contributed by atoms with van der Waals surface area (Å²) < 4.78 is 0. The molecule has 2 heterocycles. The third-order valence-electron chi connectivity index (χ3n) is 2.52. The van der Waals surface area contributed by atoms with E-state index in [2.05, 4.69) is 20.5 Å². The molecule has 3 rings (SSSR count). The molecule has 6 heteroatoms. The highest BCUT2D eigenvalue weighted by Crippen LogP contribution is 2.28. The fourth-order valence-electron chi connectivity index (χ4n) is 1.71. The molecule has 0 aromatic heterocycles. The second kappa shape index (κ2) is 3.78. The Hall–Kier alpha value is -2.01. The van der Waals surface area contributed by atoms with Gasteiger partial charge in [-0.05, 0) is 5.56 Å². The molecule has 1 unspecified atom stereocenters. The van der Waals surface area contributed by atoms with E-state index in [-0.39, 0.29) is 16.6 Å². The molecule has 1 atom stereocenters. The van der Waals surface area contributed by atoms with Crippen molar-refractivity contribution in [3.05, 3.63) is 46.6 Å². The van der Waals surface area contributed by atoms with Gasteiger partial charge in [-0.2, -0.15) is 0 Å². The number of halogens is 1. The summed E-state index contributed by atoms with van der Waals surface area (Å²) in [5.41, 5.74) is 1.14. The molecule has 0 radical (unpaired) electrons. The maximum absolute atomic E-state index is 11.8. The molecule has 0 aliphatic carbocycles. The lowest BCUT2D eigenvalue weighted by atomic mass is 10.1. The second-order valence-electron chi connectivity index (χ2n) is 3.61. The van der Waals surface area contributed by atoms with Crippen LogP contribution in [0.3, 0.4) is 0 Å². The van der Waals surface area contributed by atoms with Gasteiger partial charge < -0.3 is 5.32 Å². The Morgan fingerprint density at radius 2 is 1.94 bits per heavy atom. The van der Waals surface area contributed by atoms with Gasteiger partial charge in [0.15, 0.2) is 11.0 Å². The molecule has 1 amide bonds. The van der Waals surface area contributed by atoms with Gasteiger partial charge in [0.25, 0.3) is 5.91 Å². The number of rotatable bonds is 1. The molecule has 17 heavy (non-hydrogen) atoms. The standard InChI is InChI=1S/C11H7ClN4O/c12-8-7-10(16-15-8)13-9(14-11(7)17)6-4-2-1-3-5-6/h1-5,9H,(H,14,17). The summed E-state index contributed by atoms with van der Waals surface area (Å²) in [6, 6.07) is 9.44. The lowest BCUT2D eigenvalue weighted by Crippen LogP contribution is -2.35. The number of nitrogens with zero attached hydrogens (tertiary/aromatic N) is 3. The van der Waals surface area contributed by atoms with Crippen molar-refractivity contribution < 1.29 is 4.79 Å². The molecule has 0 saturated heterocycles. The highest BCUT2D eigenvalue weighted by atomic mass is 35.5. The number of amidine groups is 1. The van der Waals surface area contributed by atoms with Gasteiger partial charge in [0, 0.05) is 0 Å². The number of fused-ring (bicyclic) bond motifs is 1. The van der Waals surface area contributed by atoms with Gasteiger partial charge in [0.2, 0.25) is 0 Å². The van der Waals surface area contributed by atoms with Gasteiger partial charge in [-0.1, -0.05) is 41.9 Å². The first kappa shape index (κ1) is 10.2. The first-order chi connectivity index (χ1) is 8.25. The summed E-state index contributed by atoms with van der Waals surface area (Å²) in [5.74, 6) is 0.00598. The molecule has 0 saturated carbocycles. The number of benzene rings is 1. The minimum atomic E-state index is -0.427. The van der Waals surface area contributed by atoms with Crippen molar-refractivity contribution in [2.75, 3.05) is 0 Å². The quantitative estimate of drug-likeness (QED) is 0.758.